The molecule has 0 aromatic carbocycles. The predicted octanol–water partition coefficient (Wildman–Crippen LogP) is 1.47. The Balaban J connectivity index is 1.69. The largest absolute Gasteiger partial charge is 0.383 e. The van der Waals surface area contributed by atoms with Crippen molar-refractivity contribution in [3.63, 3.8) is 0 Å². The minimum Gasteiger partial charge on any atom is -0.383 e. The van der Waals surface area contributed by atoms with Crippen LogP contribution in [0.25, 0.3) is 0 Å². The van der Waals surface area contributed by atoms with E-state index in [0.29, 0.717) is 19.6 Å². The van der Waals surface area contributed by atoms with Gasteiger partial charge in [-0.25, -0.2) is 15.0 Å². The molecule has 27 heavy (non-hydrogen) atoms. The topological polar surface area (TPSA) is 99.2 Å². The number of piperidine rings is 1. The molecule has 0 saturated carbocycles. The Morgan fingerprint density at radius 2 is 2.07 bits per heavy atom. The molecular weight excluding hydrogens is 344 g/mol. The highest BCUT2D eigenvalue weighted by atomic mass is 16.5. The van der Waals surface area contributed by atoms with E-state index in [1.807, 2.05) is 31.1 Å². The van der Waals surface area contributed by atoms with Crippen LogP contribution in [0.2, 0.25) is 0 Å². The van der Waals surface area contributed by atoms with E-state index in [1.165, 1.54) is 0 Å². The van der Waals surface area contributed by atoms with Crippen molar-refractivity contribution in [2.75, 3.05) is 32.5 Å². The first-order chi connectivity index (χ1) is 13.0. The molecule has 1 aliphatic rings. The summed E-state index contributed by atoms with van der Waals surface area (Å²) in [6.45, 7) is 6.64. The van der Waals surface area contributed by atoms with Crippen LogP contribution in [0.1, 0.15) is 41.5 Å². The molecule has 0 bridgehead atoms. The van der Waals surface area contributed by atoms with E-state index >= 15 is 0 Å². The van der Waals surface area contributed by atoms with Crippen molar-refractivity contribution in [2.24, 2.45) is 0 Å². The summed E-state index contributed by atoms with van der Waals surface area (Å²) in [7, 11) is 1.70. The SMILES string of the molecule is COCCn1ccnc1C1CCCN(C(=O)Cc2c(C)nc(N)nc2C)C1. The van der Waals surface area contributed by atoms with Gasteiger partial charge in [0.25, 0.3) is 0 Å². The predicted molar refractivity (Wildman–Crippen MR) is 102 cm³/mol. The highest BCUT2D eigenvalue weighted by molar-refractivity contribution is 5.79. The zero-order valence-corrected chi connectivity index (χ0v) is 16.3. The van der Waals surface area contributed by atoms with E-state index in [4.69, 9.17) is 10.5 Å². The van der Waals surface area contributed by atoms with Crippen LogP contribution >= 0.6 is 0 Å². The van der Waals surface area contributed by atoms with Gasteiger partial charge < -0.3 is 19.9 Å². The van der Waals surface area contributed by atoms with Crippen LogP contribution in [0.3, 0.4) is 0 Å². The zero-order chi connectivity index (χ0) is 19.4. The van der Waals surface area contributed by atoms with Crippen molar-refractivity contribution in [1.82, 2.24) is 24.4 Å². The van der Waals surface area contributed by atoms with Crippen molar-refractivity contribution >= 4 is 11.9 Å². The number of amides is 1. The Morgan fingerprint density at radius 1 is 1.33 bits per heavy atom. The molecular formula is C19H28N6O2. The summed E-state index contributed by atoms with van der Waals surface area (Å²) in [4.78, 5) is 27.8. The van der Waals surface area contributed by atoms with E-state index in [0.717, 1.165) is 48.7 Å². The van der Waals surface area contributed by atoms with Crippen LogP contribution in [-0.2, 0) is 22.5 Å². The number of anilines is 1. The summed E-state index contributed by atoms with van der Waals surface area (Å²) in [5.41, 5.74) is 8.11. The Hall–Kier alpha value is -2.48. The first-order valence-electron chi connectivity index (χ1n) is 9.37. The number of methoxy groups -OCH3 is 1. The number of aryl methyl sites for hydroxylation is 2. The highest BCUT2D eigenvalue weighted by Crippen LogP contribution is 2.26. The number of ether oxygens (including phenoxy) is 1. The summed E-state index contributed by atoms with van der Waals surface area (Å²) in [6, 6.07) is 0. The highest BCUT2D eigenvalue weighted by Gasteiger charge is 2.28. The molecule has 1 aliphatic heterocycles. The molecule has 1 saturated heterocycles. The monoisotopic (exact) mass is 372 g/mol. The molecule has 1 amide bonds. The normalized spacial score (nSPS) is 17.3. The molecule has 3 heterocycles. The lowest BCUT2D eigenvalue weighted by Gasteiger charge is -2.33. The van der Waals surface area contributed by atoms with Crippen molar-refractivity contribution in [3.8, 4) is 0 Å². The minimum atomic E-state index is 0.106. The third kappa shape index (κ3) is 4.44. The molecule has 2 aromatic heterocycles. The van der Waals surface area contributed by atoms with Gasteiger partial charge in [-0.2, -0.15) is 0 Å². The van der Waals surface area contributed by atoms with Gasteiger partial charge in [0.2, 0.25) is 11.9 Å². The van der Waals surface area contributed by atoms with Gasteiger partial charge >= 0.3 is 0 Å². The fourth-order valence-electron chi connectivity index (χ4n) is 3.76. The lowest BCUT2D eigenvalue weighted by Crippen LogP contribution is -2.40. The van der Waals surface area contributed by atoms with E-state index in [-0.39, 0.29) is 17.8 Å². The molecule has 0 aliphatic carbocycles. The van der Waals surface area contributed by atoms with Gasteiger partial charge in [-0.15, -0.1) is 0 Å². The Labute approximate surface area is 159 Å². The molecule has 2 aromatic rings. The molecule has 2 N–H and O–H groups in total. The van der Waals surface area contributed by atoms with E-state index in [1.54, 1.807) is 7.11 Å². The molecule has 3 rings (SSSR count). The van der Waals surface area contributed by atoms with E-state index < -0.39 is 0 Å². The van der Waals surface area contributed by atoms with Crippen LogP contribution in [0.5, 0.6) is 0 Å². The van der Waals surface area contributed by atoms with E-state index in [2.05, 4.69) is 19.5 Å². The maximum atomic E-state index is 12.9. The Kier molecular flexibility index (Phi) is 6.05. The van der Waals surface area contributed by atoms with E-state index in [9.17, 15) is 4.79 Å². The summed E-state index contributed by atoms with van der Waals surface area (Å²) in [6.07, 6.45) is 6.13. The molecule has 146 valence electrons. The van der Waals surface area contributed by atoms with Gasteiger partial charge in [-0.05, 0) is 26.7 Å². The fraction of sp³-hybridized carbons (Fsp3) is 0.579. The first-order valence-corrected chi connectivity index (χ1v) is 9.37. The summed E-state index contributed by atoms with van der Waals surface area (Å²) < 4.78 is 7.31. The number of likely N-dealkylation sites (tertiary alicyclic amines) is 1. The van der Waals surface area contributed by atoms with Crippen molar-refractivity contribution in [3.05, 3.63) is 35.2 Å². The summed E-state index contributed by atoms with van der Waals surface area (Å²) in [5, 5.41) is 0. The molecule has 0 spiro atoms. The summed E-state index contributed by atoms with van der Waals surface area (Å²) in [5.74, 6) is 1.64. The molecule has 0 radical (unpaired) electrons. The van der Waals surface area contributed by atoms with Gasteiger partial charge in [-0.1, -0.05) is 0 Å². The Bertz CT molecular complexity index is 780. The van der Waals surface area contributed by atoms with Crippen LogP contribution in [0, 0.1) is 13.8 Å². The fourth-order valence-corrected chi connectivity index (χ4v) is 3.76. The molecule has 1 atom stereocenters. The quantitative estimate of drug-likeness (QED) is 0.824. The lowest BCUT2D eigenvalue weighted by molar-refractivity contribution is -0.131. The van der Waals surface area contributed by atoms with Gasteiger partial charge in [0.05, 0.1) is 13.0 Å². The zero-order valence-electron chi connectivity index (χ0n) is 16.3. The lowest BCUT2D eigenvalue weighted by atomic mass is 9.96. The van der Waals surface area contributed by atoms with Crippen LogP contribution in [0.4, 0.5) is 5.95 Å². The smallest absolute Gasteiger partial charge is 0.227 e. The minimum absolute atomic E-state index is 0.106. The molecule has 8 nitrogen and oxygen atoms in total. The van der Waals surface area contributed by atoms with Crippen LogP contribution in [0.15, 0.2) is 12.4 Å². The maximum absolute atomic E-state index is 12.9. The number of carbonyl (C=O) groups excluding carboxylic acids is 1. The third-order valence-corrected chi connectivity index (χ3v) is 5.19. The number of imidazole rings is 1. The number of rotatable bonds is 6. The number of aromatic nitrogens is 4. The number of carbonyl (C=O) groups is 1. The van der Waals surface area contributed by atoms with Gasteiger partial charge in [-0.3, -0.25) is 4.79 Å². The Morgan fingerprint density at radius 3 is 2.78 bits per heavy atom. The van der Waals surface area contributed by atoms with Crippen LogP contribution < -0.4 is 5.73 Å². The second-order valence-electron chi connectivity index (χ2n) is 7.06. The van der Waals surface area contributed by atoms with Gasteiger partial charge in [0, 0.05) is 62.0 Å². The maximum Gasteiger partial charge on any atom is 0.227 e. The molecule has 8 heteroatoms. The van der Waals surface area contributed by atoms with Crippen LogP contribution in [-0.4, -0.2) is 57.1 Å². The van der Waals surface area contributed by atoms with Gasteiger partial charge in [0.1, 0.15) is 5.82 Å². The van der Waals surface area contributed by atoms with Gasteiger partial charge in [0.15, 0.2) is 0 Å². The second kappa shape index (κ2) is 8.47. The average Bonchev–Trinajstić information content (AvgIpc) is 3.11. The number of nitrogen functional groups attached to an aromatic ring is 1. The number of hydrogen-bond acceptors (Lipinski definition) is 6. The number of nitrogens with two attached hydrogens (primary N) is 1. The standard InChI is InChI=1S/C19H28N6O2/c1-13-16(14(2)23-19(20)22-13)11-17(26)25-7-4-5-15(12-25)18-21-6-8-24(18)9-10-27-3/h6,8,15H,4-5,7,9-12H2,1-3H3,(H2,20,22,23). The number of hydrogen-bond donors (Lipinski definition) is 1. The molecule has 1 unspecified atom stereocenters. The first kappa shape index (κ1) is 19.3. The van der Waals surface area contributed by atoms with Crippen molar-refractivity contribution < 1.29 is 9.53 Å². The molecule has 1 fully saturated rings. The third-order valence-electron chi connectivity index (χ3n) is 5.19. The van der Waals surface area contributed by atoms with Crippen molar-refractivity contribution in [2.45, 2.75) is 45.6 Å². The average molecular weight is 372 g/mol. The number of nitrogens with zero attached hydrogens (tertiary/aromatic N) is 5. The second-order valence-corrected chi connectivity index (χ2v) is 7.06. The van der Waals surface area contributed by atoms with Crippen molar-refractivity contribution in [1.29, 1.82) is 0 Å². The summed E-state index contributed by atoms with van der Waals surface area (Å²) >= 11 is 0.